The van der Waals surface area contributed by atoms with Crippen molar-refractivity contribution in [2.24, 2.45) is 10.8 Å². The maximum Gasteiger partial charge on any atom is 0.410 e. The van der Waals surface area contributed by atoms with Crippen molar-refractivity contribution in [1.82, 2.24) is 4.90 Å². The fourth-order valence-electron chi connectivity index (χ4n) is 2.21. The van der Waals surface area contributed by atoms with Crippen molar-refractivity contribution in [3.05, 3.63) is 0 Å². The van der Waals surface area contributed by atoms with Crippen molar-refractivity contribution < 1.29 is 19.1 Å². The van der Waals surface area contributed by atoms with Crippen molar-refractivity contribution in [3.8, 4) is 0 Å². The number of carbonyl (C=O) groups is 2. The quantitative estimate of drug-likeness (QED) is 0.681. The van der Waals surface area contributed by atoms with Crippen molar-refractivity contribution in [3.63, 3.8) is 0 Å². The summed E-state index contributed by atoms with van der Waals surface area (Å²) >= 11 is 0. The Kier molecular flexibility index (Phi) is 6.24. The predicted octanol–water partition coefficient (Wildman–Crippen LogP) is 4.78. The second-order valence-electron chi connectivity index (χ2n) is 9.69. The second kappa shape index (κ2) is 7.16. The molecule has 0 aliphatic carbocycles. The Hall–Kier alpha value is -1.26. The van der Waals surface area contributed by atoms with Crippen molar-refractivity contribution >= 4 is 12.1 Å². The smallest absolute Gasteiger partial charge is 0.410 e. The predicted molar refractivity (Wildman–Crippen MR) is 99.4 cm³/mol. The van der Waals surface area contributed by atoms with Gasteiger partial charge in [-0.05, 0) is 41.0 Å². The SMILES string of the molecule is CCC(C)(C)C(=O)OC1(C)CCN(C(=O)OC(C)(C)C(C)(C)C)CC1. The lowest BCUT2D eigenvalue weighted by atomic mass is 9.79. The van der Waals surface area contributed by atoms with E-state index in [1.807, 2.05) is 41.5 Å². The van der Waals surface area contributed by atoms with Crippen LogP contribution in [0.3, 0.4) is 0 Å². The average Bonchev–Trinajstić information content (AvgIpc) is 2.45. The molecular weight excluding hydrogens is 318 g/mol. The van der Waals surface area contributed by atoms with Crippen LogP contribution < -0.4 is 0 Å². The minimum atomic E-state index is -0.553. The first-order valence-corrected chi connectivity index (χ1v) is 9.35. The number of likely N-dealkylation sites (tertiary alicyclic amines) is 1. The summed E-state index contributed by atoms with van der Waals surface area (Å²) in [6.07, 6.45) is 1.71. The summed E-state index contributed by atoms with van der Waals surface area (Å²) < 4.78 is 11.5. The summed E-state index contributed by atoms with van der Waals surface area (Å²) in [6, 6.07) is 0. The van der Waals surface area contributed by atoms with Gasteiger partial charge in [-0.25, -0.2) is 4.79 Å². The summed E-state index contributed by atoms with van der Waals surface area (Å²) in [5.74, 6) is -0.164. The highest BCUT2D eigenvalue weighted by atomic mass is 16.6. The topological polar surface area (TPSA) is 55.8 Å². The molecular formula is C20H37NO4. The lowest BCUT2D eigenvalue weighted by Gasteiger charge is -2.43. The molecule has 0 aromatic carbocycles. The first-order valence-electron chi connectivity index (χ1n) is 9.35. The van der Waals surface area contributed by atoms with Crippen molar-refractivity contribution in [1.29, 1.82) is 0 Å². The van der Waals surface area contributed by atoms with Gasteiger partial charge in [-0.2, -0.15) is 0 Å². The largest absolute Gasteiger partial charge is 0.459 e. The highest BCUT2D eigenvalue weighted by Gasteiger charge is 2.41. The molecule has 0 spiro atoms. The summed E-state index contributed by atoms with van der Waals surface area (Å²) in [5.41, 5.74) is -1.69. The Labute approximate surface area is 153 Å². The van der Waals surface area contributed by atoms with Crippen LogP contribution in [0, 0.1) is 10.8 Å². The third-order valence-corrected chi connectivity index (χ3v) is 6.00. The molecule has 1 rings (SSSR count). The van der Waals surface area contributed by atoms with Crippen LogP contribution >= 0.6 is 0 Å². The molecule has 1 aliphatic rings. The number of amides is 1. The van der Waals surface area contributed by atoms with E-state index in [0.29, 0.717) is 25.9 Å². The number of esters is 1. The monoisotopic (exact) mass is 355 g/mol. The van der Waals surface area contributed by atoms with E-state index >= 15 is 0 Å². The van der Waals surface area contributed by atoms with E-state index in [0.717, 1.165) is 6.42 Å². The average molecular weight is 356 g/mol. The molecule has 5 heteroatoms. The number of piperidine rings is 1. The number of rotatable bonds is 4. The van der Waals surface area contributed by atoms with E-state index < -0.39 is 16.6 Å². The van der Waals surface area contributed by atoms with Crippen LogP contribution in [0.2, 0.25) is 0 Å². The van der Waals surface area contributed by atoms with Crippen LogP contribution in [0.25, 0.3) is 0 Å². The van der Waals surface area contributed by atoms with E-state index in [1.165, 1.54) is 0 Å². The molecule has 1 aliphatic heterocycles. The second-order valence-corrected chi connectivity index (χ2v) is 9.69. The Morgan fingerprint density at radius 1 is 1.00 bits per heavy atom. The lowest BCUT2D eigenvalue weighted by Crippen LogP contribution is -2.51. The molecule has 0 atom stereocenters. The molecule has 0 radical (unpaired) electrons. The third-order valence-electron chi connectivity index (χ3n) is 6.00. The summed E-state index contributed by atoms with van der Waals surface area (Å²) in [5, 5.41) is 0. The standard InChI is InChI=1S/C20H37NO4/c1-10-18(5,6)15(22)24-20(9)11-13-21(14-12-20)16(23)25-19(7,8)17(2,3)4/h10-14H2,1-9H3. The Balaban J connectivity index is 2.63. The molecule has 1 heterocycles. The van der Waals surface area contributed by atoms with Crippen LogP contribution in [-0.4, -0.2) is 41.3 Å². The van der Waals surface area contributed by atoms with Gasteiger partial charge in [0.05, 0.1) is 5.41 Å². The Morgan fingerprint density at radius 3 is 1.88 bits per heavy atom. The van der Waals surface area contributed by atoms with Crippen LogP contribution in [0.4, 0.5) is 4.79 Å². The van der Waals surface area contributed by atoms with Gasteiger partial charge in [-0.15, -0.1) is 0 Å². The summed E-state index contributed by atoms with van der Waals surface area (Å²) in [4.78, 5) is 26.6. The molecule has 25 heavy (non-hydrogen) atoms. The molecule has 0 bridgehead atoms. The normalized spacial score (nSPS) is 18.7. The van der Waals surface area contributed by atoms with Crippen molar-refractivity contribution in [2.75, 3.05) is 13.1 Å². The Morgan fingerprint density at radius 2 is 1.48 bits per heavy atom. The van der Waals surface area contributed by atoms with E-state index in [4.69, 9.17) is 9.47 Å². The zero-order chi connectivity index (χ0) is 19.7. The molecule has 1 saturated heterocycles. The fraction of sp³-hybridized carbons (Fsp3) is 0.900. The fourth-order valence-corrected chi connectivity index (χ4v) is 2.21. The maximum absolute atomic E-state index is 12.5. The molecule has 0 N–H and O–H groups in total. The molecule has 0 saturated carbocycles. The number of carbonyl (C=O) groups excluding carboxylic acids is 2. The minimum Gasteiger partial charge on any atom is -0.459 e. The van der Waals surface area contributed by atoms with Crippen molar-refractivity contribution in [2.45, 2.75) is 92.8 Å². The van der Waals surface area contributed by atoms with Crippen LogP contribution in [0.1, 0.15) is 81.6 Å². The van der Waals surface area contributed by atoms with E-state index in [1.54, 1.807) is 4.90 Å². The van der Waals surface area contributed by atoms with Crippen LogP contribution in [-0.2, 0) is 14.3 Å². The van der Waals surface area contributed by atoms with E-state index in [2.05, 4.69) is 20.8 Å². The van der Waals surface area contributed by atoms with Gasteiger partial charge in [0.25, 0.3) is 0 Å². The number of hydrogen-bond acceptors (Lipinski definition) is 4. The minimum absolute atomic E-state index is 0.145. The summed E-state index contributed by atoms with van der Waals surface area (Å²) in [6.45, 7) is 18.9. The van der Waals surface area contributed by atoms with Gasteiger partial charge in [-0.3, -0.25) is 4.79 Å². The van der Waals surface area contributed by atoms with Gasteiger partial charge in [0.2, 0.25) is 0 Å². The van der Waals surface area contributed by atoms with Gasteiger partial charge in [-0.1, -0.05) is 27.7 Å². The maximum atomic E-state index is 12.5. The molecule has 0 aromatic rings. The Bertz CT molecular complexity index is 494. The molecule has 1 fully saturated rings. The summed E-state index contributed by atoms with van der Waals surface area (Å²) in [7, 11) is 0. The number of hydrogen-bond donors (Lipinski definition) is 0. The van der Waals surface area contributed by atoms with E-state index in [9.17, 15) is 9.59 Å². The molecule has 1 amide bonds. The van der Waals surface area contributed by atoms with E-state index in [-0.39, 0.29) is 17.5 Å². The molecule has 5 nitrogen and oxygen atoms in total. The van der Waals surface area contributed by atoms with Crippen LogP contribution in [0.15, 0.2) is 0 Å². The molecule has 146 valence electrons. The first-order chi connectivity index (χ1) is 11.1. The first kappa shape index (κ1) is 21.8. The lowest BCUT2D eigenvalue weighted by molar-refractivity contribution is -0.173. The zero-order valence-corrected chi connectivity index (χ0v) is 17.6. The van der Waals surface area contributed by atoms with Gasteiger partial charge in [0, 0.05) is 31.3 Å². The number of nitrogens with zero attached hydrogens (tertiary/aromatic N) is 1. The van der Waals surface area contributed by atoms with Gasteiger partial charge in [0.1, 0.15) is 11.2 Å². The molecule has 0 aromatic heterocycles. The molecule has 0 unspecified atom stereocenters. The number of ether oxygens (including phenoxy) is 2. The third kappa shape index (κ3) is 5.35. The van der Waals surface area contributed by atoms with Gasteiger partial charge < -0.3 is 14.4 Å². The van der Waals surface area contributed by atoms with Gasteiger partial charge >= 0.3 is 12.1 Å². The van der Waals surface area contributed by atoms with Crippen LogP contribution in [0.5, 0.6) is 0 Å². The highest BCUT2D eigenvalue weighted by molar-refractivity contribution is 5.76. The van der Waals surface area contributed by atoms with Gasteiger partial charge in [0.15, 0.2) is 0 Å². The highest BCUT2D eigenvalue weighted by Crippen LogP contribution is 2.35. The zero-order valence-electron chi connectivity index (χ0n) is 17.6.